The summed E-state index contributed by atoms with van der Waals surface area (Å²) in [6.07, 6.45) is 2.64. The number of oxazole rings is 1. The standard InChI is InChI=1S/C12H17NO/c1-9(2)6-5-7-12-13-8-11(14-12)10(3)4/h8-10H,6H2,1-4H3. The third-order valence-corrected chi connectivity index (χ3v) is 1.80. The number of nitrogens with zero attached hydrogens (tertiary/aromatic N) is 1. The van der Waals surface area contributed by atoms with Gasteiger partial charge in [0.25, 0.3) is 5.89 Å². The highest BCUT2D eigenvalue weighted by Gasteiger charge is 2.04. The molecule has 0 fully saturated rings. The molecule has 1 aromatic rings. The first-order chi connectivity index (χ1) is 6.59. The zero-order chi connectivity index (χ0) is 10.6. The van der Waals surface area contributed by atoms with Crippen LogP contribution in [0.2, 0.25) is 0 Å². The summed E-state index contributed by atoms with van der Waals surface area (Å²) in [6.45, 7) is 8.44. The Kier molecular flexibility index (Phi) is 3.76. The lowest BCUT2D eigenvalue weighted by Crippen LogP contribution is -1.82. The molecule has 0 aliphatic heterocycles. The van der Waals surface area contributed by atoms with E-state index >= 15 is 0 Å². The van der Waals surface area contributed by atoms with E-state index < -0.39 is 0 Å². The quantitative estimate of drug-likeness (QED) is 0.671. The van der Waals surface area contributed by atoms with Crippen LogP contribution in [0.4, 0.5) is 0 Å². The fourth-order valence-electron chi connectivity index (χ4n) is 0.942. The molecule has 0 radical (unpaired) electrons. The van der Waals surface area contributed by atoms with E-state index in [1.165, 1.54) is 0 Å². The Balaban J connectivity index is 2.62. The summed E-state index contributed by atoms with van der Waals surface area (Å²) in [5.41, 5.74) is 0. The molecule has 1 aromatic heterocycles. The van der Waals surface area contributed by atoms with Crippen LogP contribution < -0.4 is 0 Å². The SMILES string of the molecule is CC(C)CC#Cc1ncc(C(C)C)o1. The molecule has 0 unspecified atom stereocenters. The highest BCUT2D eigenvalue weighted by Crippen LogP contribution is 2.14. The Morgan fingerprint density at radius 1 is 1.36 bits per heavy atom. The minimum absolute atomic E-state index is 0.378. The highest BCUT2D eigenvalue weighted by molar-refractivity contribution is 5.19. The number of rotatable bonds is 2. The molecule has 0 saturated carbocycles. The van der Waals surface area contributed by atoms with Gasteiger partial charge in [0, 0.05) is 12.3 Å². The van der Waals surface area contributed by atoms with Crippen molar-refractivity contribution in [2.75, 3.05) is 0 Å². The molecule has 0 spiro atoms. The molecule has 0 aromatic carbocycles. The lowest BCUT2D eigenvalue weighted by molar-refractivity contribution is 0.472. The molecule has 0 aliphatic rings. The molecular formula is C12H17NO. The average Bonchev–Trinajstić information content (AvgIpc) is 2.52. The Hall–Kier alpha value is -1.23. The van der Waals surface area contributed by atoms with Crippen molar-refractivity contribution in [3.05, 3.63) is 17.8 Å². The summed E-state index contributed by atoms with van der Waals surface area (Å²) in [6, 6.07) is 0. The fraction of sp³-hybridized carbons (Fsp3) is 0.583. The molecule has 0 saturated heterocycles. The van der Waals surface area contributed by atoms with Crippen molar-refractivity contribution >= 4 is 0 Å². The largest absolute Gasteiger partial charge is 0.435 e. The van der Waals surface area contributed by atoms with Crippen LogP contribution in [0.25, 0.3) is 0 Å². The Bertz CT molecular complexity index is 339. The minimum atomic E-state index is 0.378. The number of hydrogen-bond acceptors (Lipinski definition) is 2. The normalized spacial score (nSPS) is 10.4. The summed E-state index contributed by atoms with van der Waals surface area (Å²) in [4.78, 5) is 4.09. The highest BCUT2D eigenvalue weighted by atomic mass is 16.4. The summed E-state index contributed by atoms with van der Waals surface area (Å²) in [7, 11) is 0. The fourth-order valence-corrected chi connectivity index (χ4v) is 0.942. The van der Waals surface area contributed by atoms with Gasteiger partial charge in [-0.05, 0) is 11.8 Å². The van der Waals surface area contributed by atoms with Crippen molar-refractivity contribution in [1.29, 1.82) is 0 Å². The van der Waals surface area contributed by atoms with Gasteiger partial charge in [-0.1, -0.05) is 33.6 Å². The maximum atomic E-state index is 5.44. The van der Waals surface area contributed by atoms with Crippen LogP contribution >= 0.6 is 0 Å². The third kappa shape index (κ3) is 3.26. The molecule has 0 atom stereocenters. The van der Waals surface area contributed by atoms with Crippen LogP contribution in [0, 0.1) is 17.8 Å². The monoisotopic (exact) mass is 191 g/mol. The Morgan fingerprint density at radius 3 is 2.57 bits per heavy atom. The maximum absolute atomic E-state index is 5.44. The van der Waals surface area contributed by atoms with Gasteiger partial charge < -0.3 is 4.42 Å². The topological polar surface area (TPSA) is 26.0 Å². The van der Waals surface area contributed by atoms with E-state index in [4.69, 9.17) is 4.42 Å². The van der Waals surface area contributed by atoms with Crippen molar-refractivity contribution in [2.45, 2.75) is 40.0 Å². The second kappa shape index (κ2) is 4.85. The van der Waals surface area contributed by atoms with E-state index in [2.05, 4.69) is 44.5 Å². The second-order valence-corrected chi connectivity index (χ2v) is 4.12. The summed E-state index contributed by atoms with van der Waals surface area (Å²) < 4.78 is 5.44. The van der Waals surface area contributed by atoms with Gasteiger partial charge in [-0.2, -0.15) is 0 Å². The van der Waals surface area contributed by atoms with E-state index in [-0.39, 0.29) is 0 Å². The van der Waals surface area contributed by atoms with Crippen LogP contribution in [-0.2, 0) is 0 Å². The van der Waals surface area contributed by atoms with Crippen LogP contribution in [0.1, 0.15) is 51.7 Å². The smallest absolute Gasteiger partial charge is 0.273 e. The van der Waals surface area contributed by atoms with Crippen LogP contribution in [0.3, 0.4) is 0 Å². The van der Waals surface area contributed by atoms with Crippen molar-refractivity contribution in [3.63, 3.8) is 0 Å². The molecule has 2 nitrogen and oxygen atoms in total. The first kappa shape index (κ1) is 10.8. The zero-order valence-corrected chi connectivity index (χ0v) is 9.29. The second-order valence-electron chi connectivity index (χ2n) is 4.12. The van der Waals surface area contributed by atoms with Crippen LogP contribution in [0.15, 0.2) is 10.6 Å². The summed E-state index contributed by atoms with van der Waals surface area (Å²) in [5, 5.41) is 0. The van der Waals surface area contributed by atoms with Crippen molar-refractivity contribution < 1.29 is 4.42 Å². The van der Waals surface area contributed by atoms with E-state index in [0.29, 0.717) is 17.7 Å². The van der Waals surface area contributed by atoms with Gasteiger partial charge >= 0.3 is 0 Å². The number of hydrogen-bond donors (Lipinski definition) is 0. The van der Waals surface area contributed by atoms with E-state index in [0.717, 1.165) is 12.2 Å². The molecule has 1 heterocycles. The van der Waals surface area contributed by atoms with E-state index in [9.17, 15) is 0 Å². The first-order valence-corrected chi connectivity index (χ1v) is 5.04. The van der Waals surface area contributed by atoms with Crippen molar-refractivity contribution in [1.82, 2.24) is 4.98 Å². The molecule has 2 heteroatoms. The van der Waals surface area contributed by atoms with Gasteiger partial charge in [0.05, 0.1) is 6.20 Å². The first-order valence-electron chi connectivity index (χ1n) is 5.04. The molecular weight excluding hydrogens is 174 g/mol. The molecule has 76 valence electrons. The average molecular weight is 191 g/mol. The van der Waals surface area contributed by atoms with Crippen molar-refractivity contribution in [2.24, 2.45) is 5.92 Å². The minimum Gasteiger partial charge on any atom is -0.435 e. The molecule has 0 N–H and O–H groups in total. The van der Waals surface area contributed by atoms with Crippen LogP contribution in [0.5, 0.6) is 0 Å². The lowest BCUT2D eigenvalue weighted by atomic mass is 10.1. The van der Waals surface area contributed by atoms with E-state index in [1.54, 1.807) is 6.20 Å². The van der Waals surface area contributed by atoms with Gasteiger partial charge in [-0.25, -0.2) is 4.98 Å². The molecule has 0 bridgehead atoms. The molecule has 14 heavy (non-hydrogen) atoms. The van der Waals surface area contributed by atoms with E-state index in [1.807, 2.05) is 0 Å². The van der Waals surface area contributed by atoms with Crippen molar-refractivity contribution in [3.8, 4) is 11.8 Å². The maximum Gasteiger partial charge on any atom is 0.273 e. The summed E-state index contributed by atoms with van der Waals surface area (Å²) in [5.74, 6) is 8.39. The van der Waals surface area contributed by atoms with Gasteiger partial charge in [-0.3, -0.25) is 0 Å². The predicted octanol–water partition coefficient (Wildman–Crippen LogP) is 3.20. The number of aromatic nitrogens is 1. The third-order valence-electron chi connectivity index (χ3n) is 1.80. The predicted molar refractivity (Wildman–Crippen MR) is 56.9 cm³/mol. The molecule has 1 rings (SSSR count). The Labute approximate surface area is 85.7 Å². The van der Waals surface area contributed by atoms with Crippen LogP contribution in [-0.4, -0.2) is 4.98 Å². The Morgan fingerprint density at radius 2 is 2.07 bits per heavy atom. The van der Waals surface area contributed by atoms with Gasteiger partial charge in [0.15, 0.2) is 0 Å². The van der Waals surface area contributed by atoms with Gasteiger partial charge in [0.1, 0.15) is 5.76 Å². The van der Waals surface area contributed by atoms with Gasteiger partial charge in [-0.15, -0.1) is 0 Å². The molecule has 0 aliphatic carbocycles. The summed E-state index contributed by atoms with van der Waals surface area (Å²) >= 11 is 0. The van der Waals surface area contributed by atoms with Gasteiger partial charge in [0.2, 0.25) is 0 Å². The molecule has 0 amide bonds. The lowest BCUT2D eigenvalue weighted by Gasteiger charge is -1.94. The zero-order valence-electron chi connectivity index (χ0n) is 9.29.